The first kappa shape index (κ1) is 14.1. The van der Waals surface area contributed by atoms with Crippen molar-refractivity contribution in [2.45, 2.75) is 12.8 Å². The van der Waals surface area contributed by atoms with Gasteiger partial charge in [-0.15, -0.1) is 5.10 Å². The average molecular weight is 305 g/mol. The Morgan fingerprint density at radius 1 is 1.23 bits per heavy atom. The van der Waals surface area contributed by atoms with Gasteiger partial charge in [0.2, 0.25) is 5.95 Å². The summed E-state index contributed by atoms with van der Waals surface area (Å²) in [5.74, 6) is -2.32. The number of nitrogens with two attached hydrogens (primary N) is 1. The molecular formula is C13H15N5O4. The molecule has 0 atom stereocenters. The van der Waals surface area contributed by atoms with Crippen molar-refractivity contribution in [3.63, 3.8) is 0 Å². The van der Waals surface area contributed by atoms with Crippen molar-refractivity contribution < 1.29 is 19.8 Å². The topological polar surface area (TPSA) is 134 Å². The number of aliphatic carboxylic acids is 1. The zero-order valence-electron chi connectivity index (χ0n) is 11.6. The average Bonchev–Trinajstić information content (AvgIpc) is 2.86. The number of fused-ring (bicyclic) bond motifs is 1. The molecule has 0 saturated carbocycles. The number of carbonyl (C=O) groups is 2. The van der Waals surface area contributed by atoms with Gasteiger partial charge in [0.25, 0.3) is 0 Å². The van der Waals surface area contributed by atoms with Gasteiger partial charge in [0.05, 0.1) is 11.6 Å². The summed E-state index contributed by atoms with van der Waals surface area (Å²) in [5.41, 5.74) is 6.36. The highest BCUT2D eigenvalue weighted by molar-refractivity contribution is 5.93. The fourth-order valence-electron chi connectivity index (χ4n) is 2.78. The van der Waals surface area contributed by atoms with Gasteiger partial charge in [-0.1, -0.05) is 0 Å². The first-order valence-electron chi connectivity index (χ1n) is 6.83. The molecular weight excluding hydrogens is 290 g/mol. The summed E-state index contributed by atoms with van der Waals surface area (Å²) >= 11 is 0. The maximum absolute atomic E-state index is 11.6. The molecule has 3 heterocycles. The van der Waals surface area contributed by atoms with Gasteiger partial charge in [-0.2, -0.15) is 4.98 Å². The summed E-state index contributed by atoms with van der Waals surface area (Å²) in [6.45, 7) is 0.958. The first-order chi connectivity index (χ1) is 10.5. The van der Waals surface area contributed by atoms with Gasteiger partial charge in [-0.05, 0) is 25.0 Å². The number of rotatable bonds is 3. The highest BCUT2D eigenvalue weighted by atomic mass is 16.4. The van der Waals surface area contributed by atoms with E-state index in [1.165, 1.54) is 4.52 Å². The minimum atomic E-state index is -1.13. The van der Waals surface area contributed by atoms with E-state index in [4.69, 9.17) is 10.8 Å². The lowest BCUT2D eigenvalue weighted by Gasteiger charge is -2.32. The fraction of sp³-hybridized carbons (Fsp3) is 0.385. The van der Waals surface area contributed by atoms with E-state index in [0.29, 0.717) is 37.3 Å². The predicted octanol–water partition coefficient (Wildman–Crippen LogP) is 0.311. The van der Waals surface area contributed by atoms with Gasteiger partial charge in [-0.3, -0.25) is 4.79 Å². The Balaban J connectivity index is 1.99. The number of aromatic nitrogens is 3. The van der Waals surface area contributed by atoms with Crippen LogP contribution in [0.5, 0.6) is 0 Å². The lowest BCUT2D eigenvalue weighted by Crippen LogP contribution is -2.37. The predicted molar refractivity (Wildman–Crippen MR) is 76.9 cm³/mol. The van der Waals surface area contributed by atoms with Crippen LogP contribution in [0.4, 0.5) is 11.6 Å². The second-order valence-corrected chi connectivity index (χ2v) is 5.21. The number of carboxylic acid groups (broad SMARTS) is 2. The molecule has 0 radical (unpaired) electrons. The molecule has 1 aliphatic heterocycles. The maximum Gasteiger partial charge on any atom is 0.356 e. The van der Waals surface area contributed by atoms with E-state index in [1.807, 2.05) is 4.90 Å². The van der Waals surface area contributed by atoms with Gasteiger partial charge >= 0.3 is 11.9 Å². The summed E-state index contributed by atoms with van der Waals surface area (Å²) in [6.07, 6.45) is 0.956. The van der Waals surface area contributed by atoms with Crippen molar-refractivity contribution in [2.24, 2.45) is 5.92 Å². The Morgan fingerprint density at radius 2 is 1.91 bits per heavy atom. The smallest absolute Gasteiger partial charge is 0.356 e. The highest BCUT2D eigenvalue weighted by Crippen LogP contribution is 2.27. The van der Waals surface area contributed by atoms with E-state index in [2.05, 4.69) is 10.1 Å². The molecule has 0 unspecified atom stereocenters. The largest absolute Gasteiger partial charge is 0.481 e. The number of aromatic carboxylic acids is 1. The van der Waals surface area contributed by atoms with Gasteiger partial charge in [0, 0.05) is 13.1 Å². The quantitative estimate of drug-likeness (QED) is 0.737. The summed E-state index contributed by atoms with van der Waals surface area (Å²) in [5, 5.41) is 22.4. The van der Waals surface area contributed by atoms with Crippen molar-refractivity contribution in [3.05, 3.63) is 17.8 Å². The molecule has 1 fully saturated rings. The molecule has 116 valence electrons. The third-order valence-corrected chi connectivity index (χ3v) is 3.88. The van der Waals surface area contributed by atoms with Crippen LogP contribution < -0.4 is 10.6 Å². The van der Waals surface area contributed by atoms with E-state index >= 15 is 0 Å². The molecule has 9 heteroatoms. The molecule has 0 spiro atoms. The SMILES string of the molecule is Nc1nc2ccc(N3CCC(C(=O)O)CC3)c(C(=O)O)n2n1. The minimum absolute atomic E-state index is 0.00392. The van der Waals surface area contributed by atoms with E-state index < -0.39 is 11.9 Å². The van der Waals surface area contributed by atoms with Crippen LogP contribution in [-0.2, 0) is 4.79 Å². The number of anilines is 2. The zero-order chi connectivity index (χ0) is 15.9. The Labute approximate surface area is 125 Å². The Bertz CT molecular complexity index is 748. The van der Waals surface area contributed by atoms with Crippen LogP contribution in [0, 0.1) is 5.92 Å². The van der Waals surface area contributed by atoms with Gasteiger partial charge in [0.1, 0.15) is 0 Å². The monoisotopic (exact) mass is 305 g/mol. The van der Waals surface area contributed by atoms with Crippen molar-refractivity contribution in [3.8, 4) is 0 Å². The van der Waals surface area contributed by atoms with Crippen LogP contribution in [0.1, 0.15) is 23.3 Å². The summed E-state index contributed by atoms with van der Waals surface area (Å²) in [6, 6.07) is 3.31. The fourth-order valence-corrected chi connectivity index (χ4v) is 2.78. The molecule has 0 aliphatic carbocycles. The van der Waals surface area contributed by atoms with Crippen molar-refractivity contribution in [2.75, 3.05) is 23.7 Å². The van der Waals surface area contributed by atoms with Crippen LogP contribution in [0.3, 0.4) is 0 Å². The van der Waals surface area contributed by atoms with Crippen LogP contribution in [0.15, 0.2) is 12.1 Å². The van der Waals surface area contributed by atoms with Gasteiger partial charge in [0.15, 0.2) is 11.3 Å². The normalized spacial score (nSPS) is 16.1. The summed E-state index contributed by atoms with van der Waals surface area (Å²) in [7, 11) is 0. The van der Waals surface area contributed by atoms with E-state index in [0.717, 1.165) is 0 Å². The Morgan fingerprint density at radius 3 is 2.50 bits per heavy atom. The molecule has 9 nitrogen and oxygen atoms in total. The zero-order valence-corrected chi connectivity index (χ0v) is 11.6. The third-order valence-electron chi connectivity index (χ3n) is 3.88. The van der Waals surface area contributed by atoms with Crippen LogP contribution in [-0.4, -0.2) is 49.8 Å². The van der Waals surface area contributed by atoms with Crippen LogP contribution in [0.2, 0.25) is 0 Å². The van der Waals surface area contributed by atoms with E-state index in [9.17, 15) is 14.7 Å². The second kappa shape index (κ2) is 5.17. The molecule has 1 saturated heterocycles. The molecule has 3 rings (SSSR count). The third kappa shape index (κ3) is 2.30. The first-order valence-corrected chi connectivity index (χ1v) is 6.83. The standard InChI is InChI=1S/C13H15N5O4/c14-13-15-9-2-1-8(10(12(21)22)18(9)16-13)17-5-3-7(4-6-17)11(19)20/h1-2,7H,3-6H2,(H2,14,16)(H,19,20)(H,21,22). The van der Waals surface area contributed by atoms with Crippen LogP contribution >= 0.6 is 0 Å². The molecule has 2 aromatic heterocycles. The molecule has 4 N–H and O–H groups in total. The number of hydrogen-bond donors (Lipinski definition) is 3. The molecule has 0 amide bonds. The number of carboxylic acids is 2. The van der Waals surface area contributed by atoms with Crippen molar-refractivity contribution >= 4 is 29.2 Å². The number of hydrogen-bond acceptors (Lipinski definition) is 6. The molecule has 22 heavy (non-hydrogen) atoms. The second-order valence-electron chi connectivity index (χ2n) is 5.21. The molecule has 1 aliphatic rings. The number of pyridine rings is 1. The van der Waals surface area contributed by atoms with Crippen molar-refractivity contribution in [1.29, 1.82) is 0 Å². The van der Waals surface area contributed by atoms with Crippen molar-refractivity contribution in [1.82, 2.24) is 14.6 Å². The van der Waals surface area contributed by atoms with Gasteiger partial charge in [-0.25, -0.2) is 9.31 Å². The molecule has 2 aromatic rings. The number of nitrogens with zero attached hydrogens (tertiary/aromatic N) is 4. The molecule has 0 bridgehead atoms. The van der Waals surface area contributed by atoms with Crippen LogP contribution in [0.25, 0.3) is 5.65 Å². The van der Waals surface area contributed by atoms with E-state index in [1.54, 1.807) is 12.1 Å². The summed E-state index contributed by atoms with van der Waals surface area (Å²) < 4.78 is 1.20. The minimum Gasteiger partial charge on any atom is -0.481 e. The lowest BCUT2D eigenvalue weighted by atomic mass is 9.96. The number of nitrogen functional groups attached to an aromatic ring is 1. The summed E-state index contributed by atoms with van der Waals surface area (Å²) in [4.78, 5) is 28.4. The molecule has 0 aromatic carbocycles. The van der Waals surface area contributed by atoms with E-state index in [-0.39, 0.29) is 17.6 Å². The van der Waals surface area contributed by atoms with Gasteiger partial charge < -0.3 is 20.8 Å². The maximum atomic E-state index is 11.6. The number of piperidine rings is 1. The Hall–Kier alpha value is -2.84. The highest BCUT2D eigenvalue weighted by Gasteiger charge is 2.28. The lowest BCUT2D eigenvalue weighted by molar-refractivity contribution is -0.142. The Kier molecular flexibility index (Phi) is 3.32.